The molecule has 92 valence electrons. The fourth-order valence-electron chi connectivity index (χ4n) is 1.57. The number of aryl methyl sites for hydroxylation is 1. The van der Waals surface area contributed by atoms with Gasteiger partial charge < -0.3 is 4.74 Å². The predicted molar refractivity (Wildman–Crippen MR) is 70.7 cm³/mol. The molecular weight excluding hydrogens is 299 g/mol. The van der Waals surface area contributed by atoms with Crippen LogP contribution in [0.1, 0.15) is 15.9 Å². The third kappa shape index (κ3) is 2.59. The molecule has 0 aliphatic carbocycles. The number of carbonyl (C=O) groups is 1. The van der Waals surface area contributed by atoms with Crippen LogP contribution >= 0.6 is 15.9 Å². The van der Waals surface area contributed by atoms with E-state index < -0.39 is 5.82 Å². The number of benzene rings is 2. The number of aldehydes is 1. The number of halogens is 2. The lowest BCUT2D eigenvalue weighted by atomic mass is 10.2. The van der Waals surface area contributed by atoms with Gasteiger partial charge in [-0.05, 0) is 42.8 Å². The molecule has 0 unspecified atom stereocenters. The molecule has 0 aromatic heterocycles. The van der Waals surface area contributed by atoms with Crippen molar-refractivity contribution in [2.24, 2.45) is 0 Å². The van der Waals surface area contributed by atoms with E-state index in [0.29, 0.717) is 12.0 Å². The first-order valence-corrected chi connectivity index (χ1v) is 6.09. The molecule has 0 fully saturated rings. The maximum absolute atomic E-state index is 13.4. The maximum Gasteiger partial charge on any atom is 0.156 e. The van der Waals surface area contributed by atoms with Crippen molar-refractivity contribution in [1.82, 2.24) is 0 Å². The zero-order valence-electron chi connectivity index (χ0n) is 9.61. The second-order valence-corrected chi connectivity index (χ2v) is 4.70. The van der Waals surface area contributed by atoms with Crippen LogP contribution in [0.25, 0.3) is 0 Å². The Kier molecular flexibility index (Phi) is 3.77. The van der Waals surface area contributed by atoms with Crippen LogP contribution in [0.4, 0.5) is 4.39 Å². The van der Waals surface area contributed by atoms with Gasteiger partial charge in [0, 0.05) is 4.47 Å². The van der Waals surface area contributed by atoms with Gasteiger partial charge in [0.05, 0.1) is 5.56 Å². The summed E-state index contributed by atoms with van der Waals surface area (Å²) in [6.45, 7) is 1.87. The molecule has 0 amide bonds. The Balaban J connectivity index is 2.40. The first-order valence-electron chi connectivity index (χ1n) is 5.29. The van der Waals surface area contributed by atoms with Crippen LogP contribution < -0.4 is 4.74 Å². The highest BCUT2D eigenvalue weighted by molar-refractivity contribution is 9.10. The van der Waals surface area contributed by atoms with Gasteiger partial charge >= 0.3 is 0 Å². The highest BCUT2D eigenvalue weighted by Gasteiger charge is 2.10. The van der Waals surface area contributed by atoms with Crippen LogP contribution in [0.3, 0.4) is 0 Å². The first kappa shape index (κ1) is 12.8. The second kappa shape index (κ2) is 5.31. The minimum Gasteiger partial charge on any atom is -0.456 e. The summed E-state index contributed by atoms with van der Waals surface area (Å²) in [7, 11) is 0. The fourth-order valence-corrected chi connectivity index (χ4v) is 2.04. The molecule has 0 aliphatic rings. The first-order chi connectivity index (χ1) is 8.61. The Bertz CT molecular complexity index is 596. The van der Waals surface area contributed by atoms with Gasteiger partial charge in [0.1, 0.15) is 17.3 Å². The van der Waals surface area contributed by atoms with Crippen molar-refractivity contribution in [3.8, 4) is 11.5 Å². The van der Waals surface area contributed by atoms with Gasteiger partial charge in [-0.1, -0.05) is 22.0 Å². The topological polar surface area (TPSA) is 26.3 Å². The standard InChI is InChI=1S/C14H10BrFO2/c1-9-7-10(15)5-6-13(9)18-14-4-2-3-12(16)11(14)8-17/h2-8H,1H3. The van der Waals surface area contributed by atoms with E-state index in [1.165, 1.54) is 12.1 Å². The molecular formula is C14H10BrFO2. The zero-order valence-corrected chi connectivity index (χ0v) is 11.2. The van der Waals surface area contributed by atoms with Gasteiger partial charge in [-0.2, -0.15) is 0 Å². The van der Waals surface area contributed by atoms with Crippen molar-refractivity contribution in [3.63, 3.8) is 0 Å². The van der Waals surface area contributed by atoms with Crippen molar-refractivity contribution in [2.45, 2.75) is 6.92 Å². The van der Waals surface area contributed by atoms with Crippen molar-refractivity contribution < 1.29 is 13.9 Å². The van der Waals surface area contributed by atoms with Gasteiger partial charge in [0.15, 0.2) is 6.29 Å². The zero-order chi connectivity index (χ0) is 13.1. The largest absolute Gasteiger partial charge is 0.456 e. The van der Waals surface area contributed by atoms with Gasteiger partial charge in [-0.15, -0.1) is 0 Å². The van der Waals surface area contributed by atoms with Crippen molar-refractivity contribution >= 4 is 22.2 Å². The van der Waals surface area contributed by atoms with E-state index in [1.54, 1.807) is 12.1 Å². The summed E-state index contributed by atoms with van der Waals surface area (Å²) in [4.78, 5) is 10.8. The second-order valence-electron chi connectivity index (χ2n) is 3.78. The molecule has 0 bridgehead atoms. The van der Waals surface area contributed by atoms with E-state index in [2.05, 4.69) is 15.9 Å². The average Bonchev–Trinajstić information content (AvgIpc) is 2.33. The van der Waals surface area contributed by atoms with Crippen LogP contribution in [0.5, 0.6) is 11.5 Å². The normalized spacial score (nSPS) is 10.2. The fraction of sp³-hybridized carbons (Fsp3) is 0.0714. The van der Waals surface area contributed by atoms with Crippen molar-refractivity contribution in [2.75, 3.05) is 0 Å². The van der Waals surface area contributed by atoms with Crippen molar-refractivity contribution in [1.29, 1.82) is 0 Å². The molecule has 2 nitrogen and oxygen atoms in total. The lowest BCUT2D eigenvalue weighted by Gasteiger charge is -2.10. The Hall–Kier alpha value is -1.68. The Labute approximate surface area is 113 Å². The van der Waals surface area contributed by atoms with Crippen LogP contribution in [-0.2, 0) is 0 Å². The molecule has 18 heavy (non-hydrogen) atoms. The van der Waals surface area contributed by atoms with Crippen LogP contribution in [-0.4, -0.2) is 6.29 Å². The molecule has 0 atom stereocenters. The van der Waals surface area contributed by atoms with Crippen molar-refractivity contribution in [3.05, 3.63) is 57.8 Å². The minimum atomic E-state index is -0.586. The molecule has 0 saturated heterocycles. The quantitative estimate of drug-likeness (QED) is 0.780. The SMILES string of the molecule is Cc1cc(Br)ccc1Oc1cccc(F)c1C=O. The molecule has 2 aromatic carbocycles. The smallest absolute Gasteiger partial charge is 0.156 e. The highest BCUT2D eigenvalue weighted by atomic mass is 79.9. The number of hydrogen-bond acceptors (Lipinski definition) is 2. The van der Waals surface area contributed by atoms with Gasteiger partial charge in [0.2, 0.25) is 0 Å². The molecule has 0 radical (unpaired) electrons. The summed E-state index contributed by atoms with van der Waals surface area (Å²) in [6.07, 6.45) is 0.457. The number of ether oxygens (including phenoxy) is 1. The average molecular weight is 309 g/mol. The summed E-state index contributed by atoms with van der Waals surface area (Å²) in [5.41, 5.74) is 0.824. The molecule has 0 aliphatic heterocycles. The van der Waals surface area contributed by atoms with Gasteiger partial charge in [-0.25, -0.2) is 4.39 Å². The third-order valence-electron chi connectivity index (χ3n) is 2.49. The molecule has 4 heteroatoms. The van der Waals surface area contributed by atoms with Crippen LogP contribution in [0, 0.1) is 12.7 Å². The van der Waals surface area contributed by atoms with Crippen LogP contribution in [0.2, 0.25) is 0 Å². The monoisotopic (exact) mass is 308 g/mol. The van der Waals surface area contributed by atoms with E-state index in [-0.39, 0.29) is 11.3 Å². The number of rotatable bonds is 3. The van der Waals surface area contributed by atoms with E-state index in [9.17, 15) is 9.18 Å². The number of hydrogen-bond donors (Lipinski definition) is 0. The molecule has 0 N–H and O–H groups in total. The summed E-state index contributed by atoms with van der Waals surface area (Å²) in [5, 5.41) is 0. The van der Waals surface area contributed by atoms with E-state index in [0.717, 1.165) is 10.0 Å². The van der Waals surface area contributed by atoms with E-state index >= 15 is 0 Å². The molecule has 2 rings (SSSR count). The highest BCUT2D eigenvalue weighted by Crippen LogP contribution is 2.29. The summed E-state index contributed by atoms with van der Waals surface area (Å²) in [6, 6.07) is 9.77. The van der Waals surface area contributed by atoms with E-state index in [4.69, 9.17) is 4.74 Å². The lowest BCUT2D eigenvalue weighted by Crippen LogP contribution is -1.95. The Morgan fingerprint density at radius 3 is 2.67 bits per heavy atom. The Morgan fingerprint density at radius 1 is 1.22 bits per heavy atom. The molecule has 0 heterocycles. The van der Waals surface area contributed by atoms with Gasteiger partial charge in [-0.3, -0.25) is 4.79 Å². The summed E-state index contributed by atoms with van der Waals surface area (Å²) < 4.78 is 19.9. The van der Waals surface area contributed by atoms with Gasteiger partial charge in [0.25, 0.3) is 0 Å². The molecule has 0 spiro atoms. The summed E-state index contributed by atoms with van der Waals surface area (Å²) >= 11 is 3.35. The lowest BCUT2D eigenvalue weighted by molar-refractivity contribution is 0.111. The predicted octanol–water partition coefficient (Wildman–Crippen LogP) is 4.50. The summed E-state index contributed by atoms with van der Waals surface area (Å²) in [5.74, 6) is 0.222. The molecule has 2 aromatic rings. The third-order valence-corrected chi connectivity index (χ3v) is 2.98. The molecule has 0 saturated carbocycles. The van der Waals surface area contributed by atoms with Crippen LogP contribution in [0.15, 0.2) is 40.9 Å². The number of carbonyl (C=O) groups excluding carboxylic acids is 1. The maximum atomic E-state index is 13.4. The van der Waals surface area contributed by atoms with E-state index in [1.807, 2.05) is 19.1 Å². The minimum absolute atomic E-state index is 0.0696. The Morgan fingerprint density at radius 2 is 2.00 bits per heavy atom.